The van der Waals surface area contributed by atoms with Crippen molar-refractivity contribution in [3.63, 3.8) is 0 Å². The molecule has 0 amide bonds. The van der Waals surface area contributed by atoms with Crippen LogP contribution in [-0.2, 0) is 0 Å². The first kappa shape index (κ1) is 28.9. The topological polar surface area (TPSA) is 88.4 Å². The molecule has 6 heteroatoms. The highest BCUT2D eigenvalue weighted by Gasteiger charge is 2.06. The molecule has 32 heavy (non-hydrogen) atoms. The van der Waals surface area contributed by atoms with Gasteiger partial charge in [-0.25, -0.2) is 15.8 Å². The molecule has 0 aromatic heterocycles. The molecule has 3 aromatic rings. The molecule has 0 aliphatic heterocycles. The van der Waals surface area contributed by atoms with E-state index in [0.717, 1.165) is 27.8 Å². The van der Waals surface area contributed by atoms with E-state index < -0.39 is 0 Å². The molecule has 0 fully saturated rings. The minimum atomic E-state index is 0.436. The van der Waals surface area contributed by atoms with Gasteiger partial charge in [0.1, 0.15) is 0 Å². The lowest BCUT2D eigenvalue weighted by molar-refractivity contribution is -0.138. The summed E-state index contributed by atoms with van der Waals surface area (Å²) in [4.78, 5) is 12.6. The third-order valence-electron chi connectivity index (χ3n) is 4.31. The van der Waals surface area contributed by atoms with Crippen molar-refractivity contribution in [1.82, 2.24) is 0 Å². The van der Waals surface area contributed by atoms with Gasteiger partial charge in [-0.1, -0.05) is 57.5 Å². The largest absolute Gasteiger partial charge is 0.340 e. The van der Waals surface area contributed by atoms with Crippen LogP contribution in [0.15, 0.2) is 54.6 Å². The fourth-order valence-corrected chi connectivity index (χ4v) is 2.76. The highest BCUT2D eigenvalue weighted by molar-refractivity contribution is 5.67. The van der Waals surface area contributed by atoms with E-state index in [-0.39, 0.29) is 0 Å². The second kappa shape index (κ2) is 15.7. The smallest absolute Gasteiger partial charge is 0.168 e. The molecule has 0 saturated heterocycles. The van der Waals surface area contributed by atoms with Crippen LogP contribution in [0.1, 0.15) is 49.9 Å². The summed E-state index contributed by atoms with van der Waals surface area (Å²) in [5.41, 5.74) is 5.80. The molecule has 3 rings (SSSR count). The fourth-order valence-electron chi connectivity index (χ4n) is 2.76. The van der Waals surface area contributed by atoms with Gasteiger partial charge in [0.2, 0.25) is 0 Å². The number of rotatable bonds is 4. The Morgan fingerprint density at radius 2 is 0.781 bits per heavy atom. The van der Waals surface area contributed by atoms with Gasteiger partial charge in [0.05, 0.1) is 0 Å². The van der Waals surface area contributed by atoms with E-state index in [1.54, 1.807) is 18.2 Å². The third kappa shape index (κ3) is 8.59. The van der Waals surface area contributed by atoms with Crippen LogP contribution in [0.2, 0.25) is 0 Å². The van der Waals surface area contributed by atoms with Gasteiger partial charge < -0.3 is 14.7 Å². The fraction of sp³-hybridized carbons (Fsp3) is 0.308. The summed E-state index contributed by atoms with van der Waals surface area (Å²) < 4.78 is 0. The summed E-state index contributed by atoms with van der Waals surface area (Å²) in [7, 11) is 0. The predicted octanol–water partition coefficient (Wildman–Crippen LogP) is 7.88. The Morgan fingerprint density at radius 3 is 1.06 bits per heavy atom. The van der Waals surface area contributed by atoms with Gasteiger partial charge in [-0.3, -0.25) is 0 Å². The van der Waals surface area contributed by atoms with Crippen molar-refractivity contribution in [2.75, 3.05) is 0 Å². The molecular weight excluding hydrogens is 408 g/mol. The lowest BCUT2D eigenvalue weighted by atomic mass is 10.0. The summed E-state index contributed by atoms with van der Waals surface area (Å²) in [6.07, 6.45) is 0. The second-order valence-corrected chi connectivity index (χ2v) is 6.50. The van der Waals surface area contributed by atoms with Crippen LogP contribution < -0.4 is 14.7 Å². The zero-order chi connectivity index (χ0) is 24.7. The van der Waals surface area contributed by atoms with Crippen LogP contribution in [0.25, 0.3) is 11.1 Å². The van der Waals surface area contributed by atoms with Gasteiger partial charge in [-0.2, -0.15) is 0 Å². The van der Waals surface area contributed by atoms with Crippen molar-refractivity contribution in [2.45, 2.75) is 55.4 Å². The van der Waals surface area contributed by atoms with Crippen LogP contribution in [0.5, 0.6) is 17.2 Å². The highest BCUT2D eigenvalue weighted by Crippen LogP contribution is 2.29. The molecule has 6 nitrogen and oxygen atoms in total. The number of benzene rings is 3. The van der Waals surface area contributed by atoms with Gasteiger partial charge in [-0.05, 0) is 85.8 Å². The molecule has 0 unspecified atom stereocenters. The standard InChI is InChI=1S/C14H14O4.C8H10O2.2C2H6/c1-9-7-11(3-5-13(9)17-15)12-4-6-14(18-16)10(2)8-12;1-6-3-4-8(10-9)7(2)5-6;2*1-2/h3-8,15-16H,1-2H3;3-5,9H,1-2H3;2*1-2H3. The molecule has 3 aromatic carbocycles. The predicted molar refractivity (Wildman–Crippen MR) is 130 cm³/mol. The van der Waals surface area contributed by atoms with Gasteiger partial charge in [0.15, 0.2) is 17.2 Å². The SMILES string of the molecule is CC.CC.Cc1cc(-c2ccc(OO)c(C)c2)ccc1OO.Cc1ccc(OO)c(C)c1. The van der Waals surface area contributed by atoms with E-state index in [4.69, 9.17) is 15.8 Å². The van der Waals surface area contributed by atoms with Gasteiger partial charge >= 0.3 is 0 Å². The Labute approximate surface area is 191 Å². The molecule has 0 aliphatic carbocycles. The maximum atomic E-state index is 8.65. The molecule has 3 N–H and O–H groups in total. The molecule has 0 atom stereocenters. The number of hydrogen-bond donors (Lipinski definition) is 3. The first-order chi connectivity index (χ1) is 15.4. The van der Waals surface area contributed by atoms with Crippen LogP contribution >= 0.6 is 0 Å². The monoisotopic (exact) mass is 444 g/mol. The lowest BCUT2D eigenvalue weighted by Crippen LogP contribution is -1.90. The average Bonchev–Trinajstić information content (AvgIpc) is 2.82. The van der Waals surface area contributed by atoms with Gasteiger partial charge in [0.25, 0.3) is 0 Å². The Kier molecular flexibility index (Phi) is 14.2. The number of aryl methyl sites for hydroxylation is 4. The van der Waals surface area contributed by atoms with Crippen molar-refractivity contribution < 1.29 is 30.4 Å². The van der Waals surface area contributed by atoms with Crippen molar-refractivity contribution in [1.29, 1.82) is 0 Å². The molecule has 0 bridgehead atoms. The van der Waals surface area contributed by atoms with Crippen molar-refractivity contribution >= 4 is 0 Å². The molecule has 0 heterocycles. The van der Waals surface area contributed by atoms with Crippen LogP contribution in [0.4, 0.5) is 0 Å². The average molecular weight is 445 g/mol. The third-order valence-corrected chi connectivity index (χ3v) is 4.31. The van der Waals surface area contributed by atoms with E-state index in [9.17, 15) is 0 Å². The first-order valence-corrected chi connectivity index (χ1v) is 10.6. The molecule has 0 spiro atoms. The molecule has 0 radical (unpaired) electrons. The van der Waals surface area contributed by atoms with Crippen LogP contribution in [-0.4, -0.2) is 15.8 Å². The molecular formula is C26H36O6. The summed E-state index contributed by atoms with van der Waals surface area (Å²) in [5, 5.41) is 25.6. The highest BCUT2D eigenvalue weighted by atomic mass is 17.1. The lowest BCUT2D eigenvalue weighted by Gasteiger charge is -2.08. The van der Waals surface area contributed by atoms with E-state index in [1.165, 1.54) is 5.56 Å². The maximum Gasteiger partial charge on any atom is 0.168 e. The van der Waals surface area contributed by atoms with Crippen molar-refractivity contribution in [2.24, 2.45) is 0 Å². The Hall–Kier alpha value is -3.06. The van der Waals surface area contributed by atoms with E-state index in [0.29, 0.717) is 17.2 Å². The van der Waals surface area contributed by atoms with Gasteiger partial charge in [-0.15, -0.1) is 0 Å². The van der Waals surface area contributed by atoms with Crippen LogP contribution in [0, 0.1) is 27.7 Å². The Morgan fingerprint density at radius 1 is 0.469 bits per heavy atom. The van der Waals surface area contributed by atoms with Gasteiger partial charge in [0, 0.05) is 0 Å². The second-order valence-electron chi connectivity index (χ2n) is 6.50. The van der Waals surface area contributed by atoms with Crippen molar-refractivity contribution in [3.05, 3.63) is 76.9 Å². The summed E-state index contributed by atoms with van der Waals surface area (Å²) >= 11 is 0. The number of hydrogen-bond acceptors (Lipinski definition) is 6. The molecule has 0 saturated carbocycles. The summed E-state index contributed by atoms with van der Waals surface area (Å²) in [6.45, 7) is 15.6. The van der Waals surface area contributed by atoms with E-state index >= 15 is 0 Å². The van der Waals surface area contributed by atoms with E-state index in [2.05, 4.69) is 14.7 Å². The normalized spacial score (nSPS) is 9.09. The Bertz CT molecular complexity index is 886. The minimum absolute atomic E-state index is 0.436. The summed E-state index contributed by atoms with van der Waals surface area (Å²) in [6, 6.07) is 16.5. The molecule has 0 aliphatic rings. The van der Waals surface area contributed by atoms with E-state index in [1.807, 2.05) is 91.8 Å². The zero-order valence-electron chi connectivity index (χ0n) is 20.3. The zero-order valence-corrected chi connectivity index (χ0v) is 20.3. The van der Waals surface area contributed by atoms with Crippen LogP contribution in [0.3, 0.4) is 0 Å². The first-order valence-electron chi connectivity index (χ1n) is 10.6. The summed E-state index contributed by atoms with van der Waals surface area (Å²) in [5.74, 6) is 1.39. The quantitative estimate of drug-likeness (QED) is 0.280. The minimum Gasteiger partial charge on any atom is -0.340 e. The maximum absolute atomic E-state index is 8.65. The molecule has 176 valence electrons. The Balaban J connectivity index is 0.000000582. The van der Waals surface area contributed by atoms with Crippen molar-refractivity contribution in [3.8, 4) is 28.4 Å².